The van der Waals surface area contributed by atoms with E-state index in [0.717, 1.165) is 25.4 Å². The summed E-state index contributed by atoms with van der Waals surface area (Å²) in [6, 6.07) is 2.53. The molecule has 0 amide bonds. The van der Waals surface area contributed by atoms with Gasteiger partial charge in [0.2, 0.25) is 0 Å². The second kappa shape index (κ2) is 8.82. The molecule has 0 saturated heterocycles. The van der Waals surface area contributed by atoms with Crippen molar-refractivity contribution in [3.63, 3.8) is 0 Å². The van der Waals surface area contributed by atoms with Crippen LogP contribution in [0.2, 0.25) is 0 Å². The second-order valence-electron chi connectivity index (χ2n) is 5.26. The fraction of sp³-hybridized carbons (Fsp3) is 0.933. The molecule has 0 aromatic carbocycles. The molecular formula is C15H28N2S. The zero-order valence-corrected chi connectivity index (χ0v) is 13.0. The Morgan fingerprint density at radius 1 is 1.22 bits per heavy atom. The minimum Gasteiger partial charge on any atom is -0.303 e. The lowest BCUT2D eigenvalue weighted by molar-refractivity contribution is 0.313. The van der Waals surface area contributed by atoms with Crippen molar-refractivity contribution >= 4 is 11.8 Å². The van der Waals surface area contributed by atoms with Gasteiger partial charge in [0.15, 0.2) is 0 Å². The number of thioether (sulfide) groups is 1. The molecule has 1 fully saturated rings. The monoisotopic (exact) mass is 268 g/mol. The van der Waals surface area contributed by atoms with Gasteiger partial charge < -0.3 is 4.90 Å². The first kappa shape index (κ1) is 15.9. The molecule has 104 valence electrons. The van der Waals surface area contributed by atoms with Gasteiger partial charge in [0.1, 0.15) is 0 Å². The highest BCUT2D eigenvalue weighted by atomic mass is 32.2. The summed E-state index contributed by atoms with van der Waals surface area (Å²) in [6.45, 7) is 10.2. The lowest BCUT2D eigenvalue weighted by Gasteiger charge is -2.32. The molecule has 0 bridgehead atoms. The highest BCUT2D eigenvalue weighted by Crippen LogP contribution is 2.37. The van der Waals surface area contributed by atoms with Crippen LogP contribution >= 0.6 is 11.8 Å². The van der Waals surface area contributed by atoms with Crippen molar-refractivity contribution in [1.82, 2.24) is 4.90 Å². The SMILES string of the molecule is CCC1CCC(C#N)C(SCCN(CC)CC)C1. The van der Waals surface area contributed by atoms with Gasteiger partial charge in [-0.25, -0.2) is 0 Å². The van der Waals surface area contributed by atoms with Crippen LogP contribution in [0.3, 0.4) is 0 Å². The van der Waals surface area contributed by atoms with Crippen molar-refractivity contribution in [1.29, 1.82) is 5.26 Å². The lowest BCUT2D eigenvalue weighted by atomic mass is 9.81. The second-order valence-corrected chi connectivity index (χ2v) is 6.61. The predicted molar refractivity (Wildman–Crippen MR) is 80.8 cm³/mol. The molecule has 1 aliphatic carbocycles. The molecule has 0 aromatic rings. The Bertz CT molecular complexity index is 258. The van der Waals surface area contributed by atoms with Gasteiger partial charge in [-0.15, -0.1) is 0 Å². The van der Waals surface area contributed by atoms with E-state index in [1.165, 1.54) is 31.6 Å². The fourth-order valence-corrected chi connectivity index (χ4v) is 4.29. The molecule has 0 aliphatic heterocycles. The molecule has 3 unspecified atom stereocenters. The van der Waals surface area contributed by atoms with Crippen molar-refractivity contribution in [3.8, 4) is 6.07 Å². The van der Waals surface area contributed by atoms with E-state index >= 15 is 0 Å². The predicted octanol–water partition coefficient (Wildman–Crippen LogP) is 3.78. The fourth-order valence-electron chi connectivity index (χ4n) is 2.79. The molecule has 0 heterocycles. The first-order valence-corrected chi connectivity index (χ1v) is 8.53. The van der Waals surface area contributed by atoms with E-state index in [0.29, 0.717) is 11.2 Å². The molecule has 1 rings (SSSR count). The third-order valence-electron chi connectivity index (χ3n) is 4.28. The molecule has 0 spiro atoms. The van der Waals surface area contributed by atoms with Crippen LogP contribution in [0.1, 0.15) is 46.5 Å². The summed E-state index contributed by atoms with van der Waals surface area (Å²) in [5.74, 6) is 2.34. The highest BCUT2D eigenvalue weighted by molar-refractivity contribution is 7.99. The number of hydrogen-bond acceptors (Lipinski definition) is 3. The van der Waals surface area contributed by atoms with Gasteiger partial charge in [-0.2, -0.15) is 17.0 Å². The average Bonchev–Trinajstić information content (AvgIpc) is 2.43. The Morgan fingerprint density at radius 2 is 1.94 bits per heavy atom. The van der Waals surface area contributed by atoms with Gasteiger partial charge in [0.05, 0.1) is 12.0 Å². The highest BCUT2D eigenvalue weighted by Gasteiger charge is 2.29. The molecule has 0 N–H and O–H groups in total. The van der Waals surface area contributed by atoms with Crippen molar-refractivity contribution in [2.75, 3.05) is 25.4 Å². The van der Waals surface area contributed by atoms with Crippen LogP contribution in [0.25, 0.3) is 0 Å². The summed E-state index contributed by atoms with van der Waals surface area (Å²) in [7, 11) is 0. The van der Waals surface area contributed by atoms with Gasteiger partial charge in [-0.05, 0) is 38.3 Å². The smallest absolute Gasteiger partial charge is 0.0667 e. The molecule has 0 radical (unpaired) electrons. The van der Waals surface area contributed by atoms with Crippen LogP contribution in [0.15, 0.2) is 0 Å². The van der Waals surface area contributed by atoms with Crippen LogP contribution in [0.5, 0.6) is 0 Å². The van der Waals surface area contributed by atoms with Crippen molar-refractivity contribution in [3.05, 3.63) is 0 Å². The first-order valence-electron chi connectivity index (χ1n) is 7.48. The van der Waals surface area contributed by atoms with Crippen LogP contribution in [-0.4, -0.2) is 35.5 Å². The summed E-state index contributed by atoms with van der Waals surface area (Å²) in [6.07, 6.45) is 4.93. The van der Waals surface area contributed by atoms with Crippen LogP contribution < -0.4 is 0 Å². The molecule has 18 heavy (non-hydrogen) atoms. The molecule has 1 aliphatic rings. The van der Waals surface area contributed by atoms with Gasteiger partial charge >= 0.3 is 0 Å². The normalized spacial score (nSPS) is 28.3. The summed E-state index contributed by atoms with van der Waals surface area (Å²) >= 11 is 2.04. The van der Waals surface area contributed by atoms with Gasteiger partial charge in [0.25, 0.3) is 0 Å². The third-order valence-corrected chi connectivity index (χ3v) is 5.64. The molecule has 1 saturated carbocycles. The Hall–Kier alpha value is -0.200. The Morgan fingerprint density at radius 3 is 2.50 bits per heavy atom. The van der Waals surface area contributed by atoms with E-state index in [9.17, 15) is 5.26 Å². The largest absolute Gasteiger partial charge is 0.303 e. The minimum atomic E-state index is 0.300. The Balaban J connectivity index is 2.35. The Labute approximate surface area is 117 Å². The van der Waals surface area contributed by atoms with Crippen molar-refractivity contribution in [2.24, 2.45) is 11.8 Å². The van der Waals surface area contributed by atoms with E-state index < -0.39 is 0 Å². The van der Waals surface area contributed by atoms with Crippen LogP contribution in [0, 0.1) is 23.2 Å². The standard InChI is InChI=1S/C15H28N2S/c1-4-13-7-8-14(12-16)15(11-13)18-10-9-17(5-2)6-3/h13-15H,4-11H2,1-3H3. The third kappa shape index (κ3) is 4.82. The molecule has 0 aromatic heterocycles. The maximum atomic E-state index is 9.25. The number of nitrogens with zero attached hydrogens (tertiary/aromatic N) is 2. The number of rotatable bonds is 7. The van der Waals surface area contributed by atoms with Crippen LogP contribution in [0.4, 0.5) is 0 Å². The zero-order chi connectivity index (χ0) is 13.4. The average molecular weight is 268 g/mol. The first-order chi connectivity index (χ1) is 8.74. The topological polar surface area (TPSA) is 27.0 Å². The Kier molecular flexibility index (Phi) is 7.77. The van der Waals surface area contributed by atoms with Gasteiger partial charge in [0, 0.05) is 17.5 Å². The summed E-state index contributed by atoms with van der Waals surface area (Å²) < 4.78 is 0. The van der Waals surface area contributed by atoms with E-state index in [1.54, 1.807) is 0 Å². The molecule has 3 atom stereocenters. The lowest BCUT2D eigenvalue weighted by Crippen LogP contribution is -2.29. The summed E-state index contributed by atoms with van der Waals surface area (Å²) in [4.78, 5) is 2.47. The van der Waals surface area contributed by atoms with E-state index in [-0.39, 0.29) is 0 Å². The quantitative estimate of drug-likeness (QED) is 0.703. The van der Waals surface area contributed by atoms with Crippen molar-refractivity contribution < 1.29 is 0 Å². The maximum Gasteiger partial charge on any atom is 0.0667 e. The maximum absolute atomic E-state index is 9.25. The summed E-state index contributed by atoms with van der Waals surface area (Å²) in [5, 5.41) is 9.83. The number of hydrogen-bond donors (Lipinski definition) is 0. The summed E-state index contributed by atoms with van der Waals surface area (Å²) in [5.41, 5.74) is 0. The molecule has 3 heteroatoms. The zero-order valence-electron chi connectivity index (χ0n) is 12.2. The van der Waals surface area contributed by atoms with E-state index in [4.69, 9.17) is 0 Å². The van der Waals surface area contributed by atoms with Gasteiger partial charge in [-0.3, -0.25) is 0 Å². The van der Waals surface area contributed by atoms with E-state index in [1.807, 2.05) is 11.8 Å². The van der Waals surface area contributed by atoms with Gasteiger partial charge in [-0.1, -0.05) is 27.2 Å². The van der Waals surface area contributed by atoms with Crippen LogP contribution in [-0.2, 0) is 0 Å². The van der Waals surface area contributed by atoms with E-state index in [2.05, 4.69) is 31.7 Å². The van der Waals surface area contributed by atoms with Crippen molar-refractivity contribution in [2.45, 2.75) is 51.7 Å². The minimum absolute atomic E-state index is 0.300. The number of nitriles is 1. The molecular weight excluding hydrogens is 240 g/mol. The molecule has 2 nitrogen and oxygen atoms in total.